The summed E-state index contributed by atoms with van der Waals surface area (Å²) >= 11 is 0. The molecule has 0 aliphatic carbocycles. The van der Waals surface area contributed by atoms with Crippen molar-refractivity contribution in [2.75, 3.05) is 0 Å². The number of aliphatic carboxylic acids is 1. The van der Waals surface area contributed by atoms with E-state index in [-0.39, 0.29) is 23.7 Å². The van der Waals surface area contributed by atoms with Crippen molar-refractivity contribution >= 4 is 18.0 Å². The molecule has 0 radical (unpaired) electrons. The summed E-state index contributed by atoms with van der Waals surface area (Å²) in [6.07, 6.45) is 2.59. The Kier molecular flexibility index (Phi) is 5.62. The van der Waals surface area contributed by atoms with Crippen LogP contribution in [-0.4, -0.2) is 38.3 Å². The Balaban J connectivity index is 2.01. The number of phenols is 3. The van der Waals surface area contributed by atoms with E-state index in [0.29, 0.717) is 11.1 Å². The van der Waals surface area contributed by atoms with Gasteiger partial charge in [0.1, 0.15) is 11.8 Å². The van der Waals surface area contributed by atoms with Gasteiger partial charge < -0.3 is 25.7 Å². The molecule has 1 unspecified atom stereocenters. The van der Waals surface area contributed by atoms with Crippen molar-refractivity contribution in [2.24, 2.45) is 0 Å². The SMILES string of the molecule is O=C(/C=C/c1ccc(O)c(O)c1)NC(Cc1ccc(O)cc1)C(=O)O. The third kappa shape index (κ3) is 5.28. The van der Waals surface area contributed by atoms with Crippen LogP contribution in [-0.2, 0) is 16.0 Å². The number of amides is 1. The van der Waals surface area contributed by atoms with Crippen LogP contribution in [0.5, 0.6) is 17.2 Å². The zero-order chi connectivity index (χ0) is 18.4. The Morgan fingerprint density at radius 2 is 1.68 bits per heavy atom. The smallest absolute Gasteiger partial charge is 0.326 e. The first kappa shape index (κ1) is 17.9. The van der Waals surface area contributed by atoms with Crippen molar-refractivity contribution in [3.05, 3.63) is 59.7 Å². The van der Waals surface area contributed by atoms with Crippen LogP contribution >= 0.6 is 0 Å². The number of nitrogens with one attached hydrogen (secondary N) is 1. The van der Waals surface area contributed by atoms with Gasteiger partial charge in [-0.25, -0.2) is 4.79 Å². The lowest BCUT2D eigenvalue weighted by atomic mass is 10.1. The van der Waals surface area contributed by atoms with Gasteiger partial charge in [-0.05, 0) is 41.5 Å². The van der Waals surface area contributed by atoms with Crippen molar-refractivity contribution in [3.8, 4) is 17.2 Å². The maximum Gasteiger partial charge on any atom is 0.326 e. The molecule has 0 heterocycles. The molecule has 0 fully saturated rings. The molecule has 0 saturated heterocycles. The Bertz CT molecular complexity index is 798. The summed E-state index contributed by atoms with van der Waals surface area (Å²) in [4.78, 5) is 23.2. The normalized spacial score (nSPS) is 12.0. The van der Waals surface area contributed by atoms with Crippen LogP contribution in [0.4, 0.5) is 0 Å². The highest BCUT2D eigenvalue weighted by molar-refractivity contribution is 5.94. The van der Waals surface area contributed by atoms with Crippen LogP contribution < -0.4 is 5.32 Å². The van der Waals surface area contributed by atoms with Crippen molar-refractivity contribution < 1.29 is 30.0 Å². The Hall–Kier alpha value is -3.48. The molecule has 0 aliphatic rings. The summed E-state index contributed by atoms with van der Waals surface area (Å²) in [5, 5.41) is 39.5. The minimum Gasteiger partial charge on any atom is -0.508 e. The predicted octanol–water partition coefficient (Wildman–Crippen LogP) is 1.63. The van der Waals surface area contributed by atoms with Gasteiger partial charge >= 0.3 is 5.97 Å². The molecule has 0 bridgehead atoms. The summed E-state index contributed by atoms with van der Waals surface area (Å²) in [6, 6.07) is 8.93. The first-order valence-corrected chi connectivity index (χ1v) is 7.36. The molecule has 5 N–H and O–H groups in total. The van der Waals surface area contributed by atoms with Gasteiger partial charge in [0.2, 0.25) is 5.91 Å². The topological polar surface area (TPSA) is 127 Å². The summed E-state index contributed by atoms with van der Waals surface area (Å²) in [5.41, 5.74) is 1.12. The molecule has 2 aromatic carbocycles. The highest BCUT2D eigenvalue weighted by atomic mass is 16.4. The van der Waals surface area contributed by atoms with E-state index >= 15 is 0 Å². The number of aromatic hydroxyl groups is 3. The van der Waals surface area contributed by atoms with E-state index in [0.717, 1.165) is 6.08 Å². The van der Waals surface area contributed by atoms with Crippen molar-refractivity contribution in [1.82, 2.24) is 5.32 Å². The number of carboxylic acid groups (broad SMARTS) is 1. The summed E-state index contributed by atoms with van der Waals surface area (Å²) in [5.74, 6) is -2.32. The lowest BCUT2D eigenvalue weighted by Gasteiger charge is -2.13. The molecule has 7 nitrogen and oxygen atoms in total. The number of benzene rings is 2. The highest BCUT2D eigenvalue weighted by Crippen LogP contribution is 2.25. The second kappa shape index (κ2) is 7.87. The number of rotatable bonds is 6. The van der Waals surface area contributed by atoms with Gasteiger partial charge in [-0.1, -0.05) is 18.2 Å². The van der Waals surface area contributed by atoms with Crippen molar-refractivity contribution in [2.45, 2.75) is 12.5 Å². The van der Waals surface area contributed by atoms with Crippen LogP contribution in [0.2, 0.25) is 0 Å². The number of hydrogen-bond acceptors (Lipinski definition) is 5. The van der Waals surface area contributed by atoms with Crippen LogP contribution in [0.15, 0.2) is 48.5 Å². The maximum atomic E-state index is 11.9. The van der Waals surface area contributed by atoms with Gasteiger partial charge in [0.05, 0.1) is 0 Å². The second-order valence-electron chi connectivity index (χ2n) is 5.35. The van der Waals surface area contributed by atoms with E-state index in [1.807, 2.05) is 0 Å². The lowest BCUT2D eigenvalue weighted by molar-refractivity contribution is -0.141. The summed E-state index contributed by atoms with van der Waals surface area (Å²) < 4.78 is 0. The molecular formula is C18H17NO6. The summed E-state index contributed by atoms with van der Waals surface area (Å²) in [7, 11) is 0. The Labute approximate surface area is 143 Å². The molecule has 0 saturated carbocycles. The number of phenolic OH excluding ortho intramolecular Hbond substituents is 3. The van der Waals surface area contributed by atoms with Gasteiger partial charge in [0, 0.05) is 12.5 Å². The molecule has 25 heavy (non-hydrogen) atoms. The van der Waals surface area contributed by atoms with Gasteiger partial charge in [-0.15, -0.1) is 0 Å². The number of hydrogen-bond donors (Lipinski definition) is 5. The second-order valence-corrected chi connectivity index (χ2v) is 5.35. The molecule has 0 spiro atoms. The zero-order valence-corrected chi connectivity index (χ0v) is 13.1. The third-order valence-electron chi connectivity index (χ3n) is 3.42. The van der Waals surface area contributed by atoms with Crippen LogP contribution in [0.25, 0.3) is 6.08 Å². The molecule has 2 aromatic rings. The van der Waals surface area contributed by atoms with Gasteiger partial charge in [0.15, 0.2) is 11.5 Å². The van der Waals surface area contributed by atoms with Gasteiger partial charge in [-0.2, -0.15) is 0 Å². The van der Waals surface area contributed by atoms with Gasteiger partial charge in [0.25, 0.3) is 0 Å². The van der Waals surface area contributed by atoms with Crippen molar-refractivity contribution in [1.29, 1.82) is 0 Å². The maximum absolute atomic E-state index is 11.9. The monoisotopic (exact) mass is 343 g/mol. The average molecular weight is 343 g/mol. The Morgan fingerprint density at radius 3 is 2.28 bits per heavy atom. The van der Waals surface area contributed by atoms with E-state index < -0.39 is 17.9 Å². The fourth-order valence-electron chi connectivity index (χ4n) is 2.10. The largest absolute Gasteiger partial charge is 0.508 e. The van der Waals surface area contributed by atoms with Crippen LogP contribution in [0, 0.1) is 0 Å². The molecule has 1 atom stereocenters. The number of carbonyl (C=O) groups excluding carboxylic acids is 1. The molecule has 130 valence electrons. The van der Waals surface area contributed by atoms with E-state index in [1.54, 1.807) is 12.1 Å². The number of carbonyl (C=O) groups is 2. The average Bonchev–Trinajstić information content (AvgIpc) is 2.57. The zero-order valence-electron chi connectivity index (χ0n) is 13.1. The first-order valence-electron chi connectivity index (χ1n) is 7.36. The fourth-order valence-corrected chi connectivity index (χ4v) is 2.10. The first-order chi connectivity index (χ1) is 11.8. The standard InChI is InChI=1S/C18H17NO6/c20-13-5-1-11(2-6-13)9-14(18(24)25)19-17(23)8-4-12-3-7-15(21)16(22)10-12/h1-8,10,14,20-22H,9H2,(H,19,23)(H,24,25)/b8-4+. The van der Waals surface area contributed by atoms with E-state index in [2.05, 4.69) is 5.32 Å². The molecule has 7 heteroatoms. The van der Waals surface area contributed by atoms with E-state index in [1.165, 1.54) is 36.4 Å². The minimum absolute atomic E-state index is 0.0647. The van der Waals surface area contributed by atoms with Crippen LogP contribution in [0.3, 0.4) is 0 Å². The highest BCUT2D eigenvalue weighted by Gasteiger charge is 2.19. The molecular weight excluding hydrogens is 326 g/mol. The van der Waals surface area contributed by atoms with E-state index in [9.17, 15) is 30.0 Å². The Morgan fingerprint density at radius 1 is 1.00 bits per heavy atom. The van der Waals surface area contributed by atoms with Crippen LogP contribution in [0.1, 0.15) is 11.1 Å². The van der Waals surface area contributed by atoms with E-state index in [4.69, 9.17) is 0 Å². The predicted molar refractivity (Wildman–Crippen MR) is 90.2 cm³/mol. The lowest BCUT2D eigenvalue weighted by Crippen LogP contribution is -2.41. The van der Waals surface area contributed by atoms with Crippen molar-refractivity contribution in [3.63, 3.8) is 0 Å². The van der Waals surface area contributed by atoms with Gasteiger partial charge in [-0.3, -0.25) is 4.79 Å². The fraction of sp³-hybridized carbons (Fsp3) is 0.111. The summed E-state index contributed by atoms with van der Waals surface area (Å²) in [6.45, 7) is 0. The quantitative estimate of drug-likeness (QED) is 0.401. The molecule has 2 rings (SSSR count). The minimum atomic E-state index is -1.18. The molecule has 1 amide bonds. The third-order valence-corrected chi connectivity index (χ3v) is 3.42. The molecule has 0 aromatic heterocycles. The number of carboxylic acids is 1. The molecule has 0 aliphatic heterocycles.